The molecule has 0 rings (SSSR count). The van der Waals surface area contributed by atoms with Crippen LogP contribution in [0.15, 0.2) is 0 Å². The molecule has 8 N–H and O–H groups in total. The van der Waals surface area contributed by atoms with Crippen molar-refractivity contribution >= 4 is 35.8 Å². The summed E-state index contributed by atoms with van der Waals surface area (Å²) in [6, 6.07) is 0. The van der Waals surface area contributed by atoms with Crippen molar-refractivity contribution in [2.75, 3.05) is 13.2 Å². The van der Waals surface area contributed by atoms with Crippen molar-refractivity contribution in [3.63, 3.8) is 0 Å². The first kappa shape index (κ1) is 46.1. The molecule has 0 heterocycles. The molecule has 0 atom stereocenters. The molecule has 0 fully saturated rings. The van der Waals surface area contributed by atoms with Gasteiger partial charge in [0, 0.05) is 31.3 Å². The number of aliphatic carboxylic acids is 6. The first-order chi connectivity index (χ1) is 13.5. The molecule has 174 valence electrons. The second kappa shape index (κ2) is 23.4. The predicted molar refractivity (Wildman–Crippen MR) is 82.4 cm³/mol. The van der Waals surface area contributed by atoms with Crippen LogP contribution < -0.4 is 110 Å². The van der Waals surface area contributed by atoms with Crippen LogP contribution in [0.2, 0.25) is 0 Å². The van der Waals surface area contributed by atoms with Gasteiger partial charge in [0.2, 0.25) is 0 Å². The third-order valence-electron chi connectivity index (χ3n) is 2.67. The van der Waals surface area contributed by atoms with Gasteiger partial charge >= 0.3 is 107 Å². The van der Waals surface area contributed by atoms with E-state index < -0.39 is 72.7 Å². The zero-order valence-corrected chi connectivity index (χ0v) is 24.2. The smallest absolute Gasteiger partial charge is 0.550 e. The first-order valence-corrected chi connectivity index (χ1v) is 7.51. The van der Waals surface area contributed by atoms with Crippen LogP contribution in [0, 0.1) is 0 Å². The summed E-state index contributed by atoms with van der Waals surface area (Å²) in [5, 5.41) is 80.5. The monoisotopic (exact) mass is 511 g/mol. The van der Waals surface area contributed by atoms with Crippen LogP contribution in [0.3, 0.4) is 0 Å². The molecule has 0 aliphatic carbocycles. The third-order valence-corrected chi connectivity index (χ3v) is 2.67. The Hall–Kier alpha value is -0.340. The number of carbonyl (C=O) groups excluding carboxylic acids is 3. The Balaban J connectivity index is -0.0000000880. The van der Waals surface area contributed by atoms with Crippen molar-refractivity contribution in [1.29, 1.82) is 0 Å². The molecule has 0 aromatic heterocycles. The fraction of sp³-hybridized carbons (Fsp3) is 0.571. The molecule has 0 spiro atoms. The number of aliphatic hydroxyl groups is 3. The maximum atomic E-state index is 10.3. The molecule has 0 saturated carbocycles. The number of aliphatic hydroxyl groups excluding tert-OH is 1. The Morgan fingerprint density at radius 1 is 0.667 bits per heavy atom. The Morgan fingerprint density at radius 2 is 0.939 bits per heavy atom. The minimum absolute atomic E-state index is 0. The van der Waals surface area contributed by atoms with Gasteiger partial charge in [-0.3, -0.25) is 9.59 Å². The van der Waals surface area contributed by atoms with Crippen LogP contribution in [-0.2, 0) is 28.8 Å². The molecule has 0 aliphatic rings. The molecule has 0 saturated heterocycles. The number of carboxylic acid groups (broad SMARTS) is 6. The predicted octanol–water partition coefficient (Wildman–Crippen LogP) is -16.6. The molecule has 16 nitrogen and oxygen atoms in total. The van der Waals surface area contributed by atoms with E-state index in [4.69, 9.17) is 36.4 Å². The van der Waals surface area contributed by atoms with Gasteiger partial charge in [0.05, 0.1) is 25.4 Å². The van der Waals surface area contributed by atoms with Crippen molar-refractivity contribution < 1.29 is 163 Å². The van der Waals surface area contributed by atoms with Crippen molar-refractivity contribution in [2.24, 2.45) is 5.73 Å². The molecular weight excluding hydrogens is 491 g/mol. The van der Waals surface area contributed by atoms with E-state index in [1.54, 1.807) is 0 Å². The minimum atomic E-state index is -2.97. The zero-order chi connectivity index (χ0) is 24.7. The average molecular weight is 511 g/mol. The van der Waals surface area contributed by atoms with Crippen molar-refractivity contribution in [2.45, 2.75) is 36.9 Å². The maximum Gasteiger partial charge on any atom is 1.00 e. The van der Waals surface area contributed by atoms with E-state index >= 15 is 0 Å². The molecular formula is C14H20NNa3O15. The summed E-state index contributed by atoms with van der Waals surface area (Å²) >= 11 is 0. The maximum absolute atomic E-state index is 10.3. The number of hydrogen-bond acceptors (Lipinski definition) is 13. The summed E-state index contributed by atoms with van der Waals surface area (Å²) in [5.41, 5.74) is -0.935. The van der Waals surface area contributed by atoms with Crippen LogP contribution in [0.5, 0.6) is 0 Å². The summed E-state index contributed by atoms with van der Waals surface area (Å²) in [6.45, 7) is 0.472. The molecule has 0 aromatic rings. The fourth-order valence-corrected chi connectivity index (χ4v) is 1.40. The van der Waals surface area contributed by atoms with Gasteiger partial charge in [-0.1, -0.05) is 0 Å². The molecule has 0 bridgehead atoms. The van der Waals surface area contributed by atoms with E-state index in [0.717, 1.165) is 0 Å². The van der Waals surface area contributed by atoms with Crippen LogP contribution >= 0.6 is 0 Å². The van der Waals surface area contributed by atoms with E-state index in [0.29, 0.717) is 6.54 Å². The quantitative estimate of drug-likeness (QED) is 0.127. The third kappa shape index (κ3) is 26.1. The Morgan fingerprint density at radius 3 is 1.06 bits per heavy atom. The van der Waals surface area contributed by atoms with E-state index in [2.05, 4.69) is 0 Å². The largest absolute Gasteiger partial charge is 1.00 e. The molecule has 0 amide bonds. The van der Waals surface area contributed by atoms with Gasteiger partial charge in [-0.2, -0.15) is 0 Å². The van der Waals surface area contributed by atoms with Crippen LogP contribution in [0.4, 0.5) is 0 Å². The van der Waals surface area contributed by atoms with E-state index in [1.807, 2.05) is 0 Å². The normalized spacial score (nSPS) is 9.45. The number of carboxylic acids is 6. The average Bonchev–Trinajstić information content (AvgIpc) is 2.52. The zero-order valence-electron chi connectivity index (χ0n) is 18.2. The number of carbonyl (C=O) groups is 6. The summed E-state index contributed by atoms with van der Waals surface area (Å²) in [4.78, 5) is 60.5. The Kier molecular flexibility index (Phi) is 32.7. The molecule has 0 radical (unpaired) electrons. The minimum Gasteiger partial charge on any atom is -0.550 e. The van der Waals surface area contributed by atoms with Gasteiger partial charge in [-0.25, -0.2) is 4.79 Å². The Bertz CT molecular complexity index is 557. The van der Waals surface area contributed by atoms with Gasteiger partial charge in [0.1, 0.15) is 5.60 Å². The van der Waals surface area contributed by atoms with Crippen LogP contribution in [-0.4, -0.2) is 90.8 Å². The molecule has 0 aromatic carbocycles. The van der Waals surface area contributed by atoms with Crippen molar-refractivity contribution in [3.05, 3.63) is 0 Å². The molecule has 0 aliphatic heterocycles. The SMILES string of the molecule is NCCO.O=C(O)CC(O)(CC(=O)O)C(=O)O.O=C([O-])CC(O)(CC(=O)[O-])C(=O)[O-].[Na+].[Na+].[Na+]. The van der Waals surface area contributed by atoms with Crippen molar-refractivity contribution in [3.8, 4) is 0 Å². The van der Waals surface area contributed by atoms with Crippen LogP contribution in [0.25, 0.3) is 0 Å². The molecule has 0 unspecified atom stereocenters. The standard InChI is InChI=1S/2C6H8O7.C2H7NO.3Na/c2*7-3(8)1-6(13,5(11)12)2-4(9)10;3-1-2-4;;;/h2*13H,1-2H2,(H,7,8)(H,9,10)(H,11,12);4H,1-3H2;;;/q;;;3*+1/p-3. The number of nitrogens with two attached hydrogens (primary N) is 1. The van der Waals surface area contributed by atoms with Gasteiger partial charge in [0.25, 0.3) is 0 Å². The summed E-state index contributed by atoms with van der Waals surface area (Å²) in [5.74, 6) is -11.0. The summed E-state index contributed by atoms with van der Waals surface area (Å²) in [6.07, 6.45) is -5.00. The van der Waals surface area contributed by atoms with Gasteiger partial charge in [-0.05, 0) is 0 Å². The second-order valence-electron chi connectivity index (χ2n) is 5.41. The number of hydrogen-bond donors (Lipinski definition) is 7. The fourth-order valence-electron chi connectivity index (χ4n) is 1.40. The van der Waals surface area contributed by atoms with Gasteiger partial charge in [0.15, 0.2) is 5.60 Å². The van der Waals surface area contributed by atoms with E-state index in [9.17, 15) is 44.1 Å². The number of rotatable bonds is 11. The van der Waals surface area contributed by atoms with E-state index in [1.165, 1.54) is 0 Å². The molecule has 19 heteroatoms. The topological polar surface area (TPSA) is 319 Å². The van der Waals surface area contributed by atoms with Crippen LogP contribution in [0.1, 0.15) is 25.7 Å². The summed E-state index contributed by atoms with van der Waals surface area (Å²) < 4.78 is 0. The Labute approximate surface area is 252 Å². The first-order valence-electron chi connectivity index (χ1n) is 7.51. The summed E-state index contributed by atoms with van der Waals surface area (Å²) in [7, 11) is 0. The second-order valence-corrected chi connectivity index (χ2v) is 5.41. The van der Waals surface area contributed by atoms with Gasteiger partial charge in [-0.15, -0.1) is 0 Å². The van der Waals surface area contributed by atoms with E-state index in [-0.39, 0.29) is 95.3 Å². The van der Waals surface area contributed by atoms with Crippen molar-refractivity contribution in [1.82, 2.24) is 0 Å². The van der Waals surface area contributed by atoms with Gasteiger partial charge < -0.3 is 66.1 Å². The molecule has 33 heavy (non-hydrogen) atoms.